The first-order valence-electron chi connectivity index (χ1n) is 8.50. The third-order valence-corrected chi connectivity index (χ3v) is 4.85. The summed E-state index contributed by atoms with van der Waals surface area (Å²) in [6.07, 6.45) is 5.36. The van der Waals surface area contributed by atoms with Crippen molar-refractivity contribution in [1.82, 2.24) is 5.32 Å². The summed E-state index contributed by atoms with van der Waals surface area (Å²) >= 11 is 0. The zero-order chi connectivity index (χ0) is 14.7. The van der Waals surface area contributed by atoms with Crippen LogP contribution < -0.4 is 10.2 Å². The Hall–Kier alpha value is -1.06. The summed E-state index contributed by atoms with van der Waals surface area (Å²) in [5.74, 6) is 0. The van der Waals surface area contributed by atoms with Gasteiger partial charge in [0.1, 0.15) is 0 Å². The van der Waals surface area contributed by atoms with Gasteiger partial charge in [-0.2, -0.15) is 0 Å². The summed E-state index contributed by atoms with van der Waals surface area (Å²) in [7, 11) is 0. The van der Waals surface area contributed by atoms with E-state index in [2.05, 4.69) is 42.3 Å². The van der Waals surface area contributed by atoms with Crippen molar-refractivity contribution in [2.45, 2.75) is 51.7 Å². The normalized spacial score (nSPS) is 22.6. The molecule has 1 fully saturated rings. The molecule has 0 radical (unpaired) electrons. The van der Waals surface area contributed by atoms with E-state index >= 15 is 0 Å². The van der Waals surface area contributed by atoms with Crippen molar-refractivity contribution >= 4 is 5.69 Å². The SMILES string of the molecule is CCNC(C)c1ccc2c(c1)CCN2CCC1CCCO1. The minimum atomic E-state index is 0.446. The molecule has 1 aromatic rings. The maximum atomic E-state index is 5.74. The molecule has 0 aliphatic carbocycles. The maximum Gasteiger partial charge on any atom is 0.0592 e. The van der Waals surface area contributed by atoms with Gasteiger partial charge in [-0.3, -0.25) is 0 Å². The minimum Gasteiger partial charge on any atom is -0.378 e. The smallest absolute Gasteiger partial charge is 0.0592 e. The molecule has 0 spiro atoms. The average molecular weight is 288 g/mol. The number of hydrogen-bond donors (Lipinski definition) is 1. The summed E-state index contributed by atoms with van der Waals surface area (Å²) in [5, 5.41) is 3.50. The Morgan fingerprint density at radius 2 is 2.33 bits per heavy atom. The monoisotopic (exact) mass is 288 g/mol. The molecular weight excluding hydrogens is 260 g/mol. The van der Waals surface area contributed by atoms with Gasteiger partial charge in [0.05, 0.1) is 6.10 Å². The molecule has 0 bridgehead atoms. The standard InChI is InChI=1S/C18H28N2O/c1-3-19-14(2)15-6-7-18-16(13-15)8-10-20(18)11-9-17-5-4-12-21-17/h6-7,13-14,17,19H,3-5,8-12H2,1-2H3. The van der Waals surface area contributed by atoms with Crippen LogP contribution >= 0.6 is 0 Å². The zero-order valence-electron chi connectivity index (χ0n) is 13.4. The van der Waals surface area contributed by atoms with Crippen molar-refractivity contribution in [1.29, 1.82) is 0 Å². The molecule has 0 aromatic heterocycles. The van der Waals surface area contributed by atoms with E-state index in [1.54, 1.807) is 0 Å². The molecule has 0 saturated carbocycles. The molecular formula is C18H28N2O. The van der Waals surface area contributed by atoms with Gasteiger partial charge in [0, 0.05) is 31.4 Å². The average Bonchev–Trinajstić information content (AvgIpc) is 3.14. The molecule has 1 aromatic carbocycles. The van der Waals surface area contributed by atoms with Gasteiger partial charge in [-0.1, -0.05) is 19.1 Å². The maximum absolute atomic E-state index is 5.74. The van der Waals surface area contributed by atoms with Gasteiger partial charge >= 0.3 is 0 Å². The fourth-order valence-electron chi connectivity index (χ4n) is 3.59. The Balaban J connectivity index is 1.62. The van der Waals surface area contributed by atoms with Crippen molar-refractivity contribution in [3.05, 3.63) is 29.3 Å². The third kappa shape index (κ3) is 3.41. The molecule has 3 rings (SSSR count). The molecule has 1 saturated heterocycles. The van der Waals surface area contributed by atoms with Crippen molar-refractivity contribution < 1.29 is 4.74 Å². The predicted octanol–water partition coefficient (Wildman–Crippen LogP) is 3.29. The minimum absolute atomic E-state index is 0.446. The van der Waals surface area contributed by atoms with Gasteiger partial charge in [-0.05, 0) is 56.3 Å². The van der Waals surface area contributed by atoms with E-state index in [0.717, 1.165) is 19.7 Å². The number of nitrogens with one attached hydrogen (secondary N) is 1. The molecule has 0 amide bonds. The highest BCUT2D eigenvalue weighted by Crippen LogP contribution is 2.31. The third-order valence-electron chi connectivity index (χ3n) is 4.85. The topological polar surface area (TPSA) is 24.5 Å². The molecule has 21 heavy (non-hydrogen) atoms. The summed E-state index contributed by atoms with van der Waals surface area (Å²) < 4.78 is 5.74. The van der Waals surface area contributed by atoms with E-state index < -0.39 is 0 Å². The number of nitrogens with zero attached hydrogens (tertiary/aromatic N) is 1. The van der Waals surface area contributed by atoms with E-state index in [1.807, 2.05) is 0 Å². The number of benzene rings is 1. The lowest BCUT2D eigenvalue weighted by Gasteiger charge is -2.22. The van der Waals surface area contributed by atoms with Crippen molar-refractivity contribution in [2.75, 3.05) is 31.1 Å². The van der Waals surface area contributed by atoms with Gasteiger partial charge < -0.3 is 15.0 Å². The lowest BCUT2D eigenvalue weighted by atomic mass is 10.0. The summed E-state index contributed by atoms with van der Waals surface area (Å²) in [4.78, 5) is 2.54. The van der Waals surface area contributed by atoms with Crippen molar-refractivity contribution in [2.24, 2.45) is 0 Å². The number of rotatable bonds is 6. The first kappa shape index (κ1) is 14.9. The number of hydrogen-bond acceptors (Lipinski definition) is 3. The van der Waals surface area contributed by atoms with Gasteiger partial charge in [-0.25, -0.2) is 0 Å². The van der Waals surface area contributed by atoms with Crippen LogP contribution in [0.25, 0.3) is 0 Å². The first-order valence-corrected chi connectivity index (χ1v) is 8.50. The molecule has 1 N–H and O–H groups in total. The Morgan fingerprint density at radius 3 is 3.10 bits per heavy atom. The second-order valence-electron chi connectivity index (χ2n) is 6.33. The van der Waals surface area contributed by atoms with Gasteiger partial charge in [0.25, 0.3) is 0 Å². The van der Waals surface area contributed by atoms with Gasteiger partial charge in [-0.15, -0.1) is 0 Å². The van der Waals surface area contributed by atoms with Crippen LogP contribution in [0.1, 0.15) is 50.3 Å². The number of ether oxygens (including phenoxy) is 1. The van der Waals surface area contributed by atoms with Crippen molar-refractivity contribution in [3.63, 3.8) is 0 Å². The Kier molecular flexibility index (Phi) is 4.81. The number of fused-ring (bicyclic) bond motifs is 1. The summed E-state index contributed by atoms with van der Waals surface area (Å²) in [5.41, 5.74) is 4.38. The molecule has 3 nitrogen and oxygen atoms in total. The quantitative estimate of drug-likeness (QED) is 0.869. The van der Waals surface area contributed by atoms with E-state index in [9.17, 15) is 0 Å². The summed E-state index contributed by atoms with van der Waals surface area (Å²) in [6, 6.07) is 7.45. The van der Waals surface area contributed by atoms with Crippen LogP contribution in [0.4, 0.5) is 5.69 Å². The zero-order valence-corrected chi connectivity index (χ0v) is 13.4. The Bertz CT molecular complexity index is 468. The lowest BCUT2D eigenvalue weighted by molar-refractivity contribution is 0.106. The fraction of sp³-hybridized carbons (Fsp3) is 0.667. The lowest BCUT2D eigenvalue weighted by Crippen LogP contribution is -2.25. The highest BCUT2D eigenvalue weighted by Gasteiger charge is 2.22. The molecule has 116 valence electrons. The Labute approximate surface area is 128 Å². The van der Waals surface area contributed by atoms with Gasteiger partial charge in [0.2, 0.25) is 0 Å². The molecule has 3 heteroatoms. The van der Waals surface area contributed by atoms with Crippen LogP contribution in [-0.4, -0.2) is 32.3 Å². The van der Waals surface area contributed by atoms with Crippen molar-refractivity contribution in [3.8, 4) is 0 Å². The Morgan fingerprint density at radius 1 is 1.43 bits per heavy atom. The number of anilines is 1. The molecule has 2 unspecified atom stereocenters. The predicted molar refractivity (Wildman–Crippen MR) is 88.0 cm³/mol. The highest BCUT2D eigenvalue weighted by atomic mass is 16.5. The van der Waals surface area contributed by atoms with E-state index in [4.69, 9.17) is 4.74 Å². The van der Waals surface area contributed by atoms with Crippen LogP contribution in [0.5, 0.6) is 0 Å². The highest BCUT2D eigenvalue weighted by molar-refractivity contribution is 5.59. The van der Waals surface area contributed by atoms with E-state index in [0.29, 0.717) is 12.1 Å². The van der Waals surface area contributed by atoms with E-state index in [-0.39, 0.29) is 0 Å². The molecule has 2 aliphatic heterocycles. The largest absolute Gasteiger partial charge is 0.378 e. The first-order chi connectivity index (χ1) is 10.3. The van der Waals surface area contributed by atoms with Crippen LogP contribution in [0.3, 0.4) is 0 Å². The molecule has 2 atom stereocenters. The second kappa shape index (κ2) is 6.80. The van der Waals surface area contributed by atoms with E-state index in [1.165, 1.54) is 49.0 Å². The fourth-order valence-corrected chi connectivity index (χ4v) is 3.59. The van der Waals surface area contributed by atoms with Crippen LogP contribution in [0.2, 0.25) is 0 Å². The van der Waals surface area contributed by atoms with Gasteiger partial charge in [0.15, 0.2) is 0 Å². The second-order valence-corrected chi connectivity index (χ2v) is 6.33. The van der Waals surface area contributed by atoms with Crippen LogP contribution in [0.15, 0.2) is 18.2 Å². The van der Waals surface area contributed by atoms with Crippen LogP contribution in [0, 0.1) is 0 Å². The summed E-state index contributed by atoms with van der Waals surface area (Å²) in [6.45, 7) is 8.70. The van der Waals surface area contributed by atoms with Crippen LogP contribution in [-0.2, 0) is 11.2 Å². The molecule has 2 heterocycles. The molecule has 2 aliphatic rings.